The minimum Gasteiger partial charge on any atom is -0.508 e. The highest BCUT2D eigenvalue weighted by Gasteiger charge is 2.37. The number of hydrogen-bond acceptors (Lipinski definition) is 4. The molecule has 2 atom stereocenters. The smallest absolute Gasteiger partial charge is 0.124 e. The first-order chi connectivity index (χ1) is 11.2. The van der Waals surface area contributed by atoms with Crippen molar-refractivity contribution in [2.45, 2.75) is 47.6 Å². The molecule has 0 saturated heterocycles. The average molecular weight is 332 g/mol. The molecule has 0 amide bonds. The van der Waals surface area contributed by atoms with E-state index in [1.807, 2.05) is 33.8 Å². The van der Waals surface area contributed by atoms with E-state index in [-0.39, 0.29) is 36.1 Å². The summed E-state index contributed by atoms with van der Waals surface area (Å²) in [5, 5.41) is 39.6. The Labute approximate surface area is 143 Å². The molecular weight excluding hydrogens is 304 g/mol. The van der Waals surface area contributed by atoms with Gasteiger partial charge in [0, 0.05) is 11.1 Å². The van der Waals surface area contributed by atoms with Crippen LogP contribution in [0, 0.1) is 25.2 Å². The maximum atomic E-state index is 10.2. The van der Waals surface area contributed by atoms with Gasteiger partial charge in [-0.15, -0.1) is 0 Å². The van der Waals surface area contributed by atoms with Gasteiger partial charge in [-0.3, -0.25) is 0 Å². The van der Waals surface area contributed by atoms with Crippen LogP contribution in [0.3, 0.4) is 0 Å². The molecule has 1 aliphatic rings. The number of hydrogen-bond donors (Lipinski definition) is 4. The Bertz CT molecular complexity index is 715. The summed E-state index contributed by atoms with van der Waals surface area (Å²) in [6.07, 6.45) is 2.76. The predicted octanol–water partition coefficient (Wildman–Crippen LogP) is 3.45. The van der Waals surface area contributed by atoms with Gasteiger partial charge in [0.2, 0.25) is 0 Å². The van der Waals surface area contributed by atoms with Gasteiger partial charge in [-0.05, 0) is 60.8 Å². The minimum absolute atomic E-state index is 0.0164. The van der Waals surface area contributed by atoms with E-state index in [9.17, 15) is 20.4 Å². The molecule has 1 aromatic carbocycles. The predicted molar refractivity (Wildman–Crippen MR) is 95.0 cm³/mol. The molecule has 0 bridgehead atoms. The van der Waals surface area contributed by atoms with Crippen molar-refractivity contribution in [2.24, 2.45) is 11.3 Å². The van der Waals surface area contributed by atoms with Crippen LogP contribution in [0.5, 0.6) is 5.75 Å². The third-order valence-corrected chi connectivity index (χ3v) is 5.62. The van der Waals surface area contributed by atoms with E-state index >= 15 is 0 Å². The van der Waals surface area contributed by atoms with Crippen LogP contribution in [-0.4, -0.2) is 27.0 Å². The molecule has 0 aliphatic heterocycles. The van der Waals surface area contributed by atoms with Crippen LogP contribution >= 0.6 is 0 Å². The Hall–Kier alpha value is -1.78. The Balaban J connectivity index is 2.50. The monoisotopic (exact) mass is 332 g/mol. The molecule has 132 valence electrons. The molecule has 4 heteroatoms. The van der Waals surface area contributed by atoms with Gasteiger partial charge in [0.05, 0.1) is 13.2 Å². The Kier molecular flexibility index (Phi) is 5.11. The third-order valence-electron chi connectivity index (χ3n) is 5.62. The van der Waals surface area contributed by atoms with E-state index in [1.165, 1.54) is 0 Å². The van der Waals surface area contributed by atoms with Gasteiger partial charge in [0.15, 0.2) is 0 Å². The van der Waals surface area contributed by atoms with Crippen LogP contribution in [0.15, 0.2) is 29.0 Å². The zero-order chi connectivity index (χ0) is 18.2. The first-order valence-corrected chi connectivity index (χ1v) is 8.30. The zero-order valence-electron chi connectivity index (χ0n) is 15.1. The lowest BCUT2D eigenvalue weighted by Gasteiger charge is -2.39. The maximum Gasteiger partial charge on any atom is 0.124 e. The number of aliphatic hydroxyl groups is 3. The van der Waals surface area contributed by atoms with Gasteiger partial charge in [-0.2, -0.15) is 0 Å². The first-order valence-electron chi connectivity index (χ1n) is 8.30. The topological polar surface area (TPSA) is 80.9 Å². The molecule has 1 aliphatic carbocycles. The molecule has 1 aromatic rings. The lowest BCUT2D eigenvalue weighted by molar-refractivity contribution is 0.232. The van der Waals surface area contributed by atoms with E-state index in [4.69, 9.17) is 0 Å². The van der Waals surface area contributed by atoms with Crippen molar-refractivity contribution in [2.75, 3.05) is 6.61 Å². The summed E-state index contributed by atoms with van der Waals surface area (Å²) in [5.41, 5.74) is 4.43. The van der Waals surface area contributed by atoms with Gasteiger partial charge >= 0.3 is 0 Å². The fourth-order valence-electron chi connectivity index (χ4n) is 3.80. The maximum absolute atomic E-state index is 10.2. The number of benzene rings is 1. The summed E-state index contributed by atoms with van der Waals surface area (Å²) >= 11 is 0. The highest BCUT2D eigenvalue weighted by molar-refractivity contribution is 5.49. The number of aliphatic hydroxyl groups excluding tert-OH is 3. The summed E-state index contributed by atoms with van der Waals surface area (Å²) < 4.78 is 0. The van der Waals surface area contributed by atoms with E-state index in [0.29, 0.717) is 17.6 Å². The molecule has 24 heavy (non-hydrogen) atoms. The largest absolute Gasteiger partial charge is 0.508 e. The molecule has 0 aromatic heterocycles. The second-order valence-corrected chi connectivity index (χ2v) is 7.23. The molecule has 2 unspecified atom stereocenters. The SMILES string of the molecule is CC1=CC(C)(Cc2cc(C)c(O)c(CO)c2C)C(C)C(CO)=C1O. The summed E-state index contributed by atoms with van der Waals surface area (Å²) in [7, 11) is 0. The summed E-state index contributed by atoms with van der Waals surface area (Å²) in [6, 6.07) is 1.96. The quantitative estimate of drug-likeness (QED) is 0.681. The van der Waals surface area contributed by atoms with Crippen LogP contribution in [0.1, 0.15) is 43.0 Å². The van der Waals surface area contributed by atoms with Crippen molar-refractivity contribution in [3.63, 3.8) is 0 Å². The van der Waals surface area contributed by atoms with Crippen LogP contribution < -0.4 is 0 Å². The van der Waals surface area contributed by atoms with Crippen LogP contribution in [-0.2, 0) is 13.0 Å². The van der Waals surface area contributed by atoms with Crippen LogP contribution in [0.25, 0.3) is 0 Å². The summed E-state index contributed by atoms with van der Waals surface area (Å²) in [5.74, 6) is 0.329. The highest BCUT2D eigenvalue weighted by Crippen LogP contribution is 2.45. The normalized spacial score (nSPS) is 24.3. The van der Waals surface area contributed by atoms with Gasteiger partial charge in [0.1, 0.15) is 11.5 Å². The number of aromatic hydroxyl groups is 1. The van der Waals surface area contributed by atoms with Gasteiger partial charge in [0.25, 0.3) is 0 Å². The molecule has 0 saturated carbocycles. The fourth-order valence-corrected chi connectivity index (χ4v) is 3.80. The molecule has 4 N–H and O–H groups in total. The van der Waals surface area contributed by atoms with Gasteiger partial charge < -0.3 is 20.4 Å². The number of allylic oxidation sites excluding steroid dienone is 2. The number of rotatable bonds is 4. The first kappa shape index (κ1) is 18.6. The van der Waals surface area contributed by atoms with Crippen molar-refractivity contribution in [1.29, 1.82) is 0 Å². The fraction of sp³-hybridized carbons (Fsp3) is 0.500. The lowest BCUT2D eigenvalue weighted by atomic mass is 9.66. The van der Waals surface area contributed by atoms with E-state index in [1.54, 1.807) is 0 Å². The molecule has 0 heterocycles. The standard InChI is InChI=1S/C20H28O4/c1-11-6-15(13(3)16(9-21)18(11)23)8-20(5)7-12(2)19(24)17(10-22)14(20)4/h6-7,14,21-24H,8-10H2,1-5H3. The van der Waals surface area contributed by atoms with Crippen molar-refractivity contribution >= 4 is 0 Å². The minimum atomic E-state index is -0.269. The van der Waals surface area contributed by atoms with Crippen LogP contribution in [0.4, 0.5) is 0 Å². The Morgan fingerprint density at radius 3 is 2.25 bits per heavy atom. The number of phenols is 1. The van der Waals surface area contributed by atoms with Gasteiger partial charge in [-0.25, -0.2) is 0 Å². The summed E-state index contributed by atoms with van der Waals surface area (Å²) in [4.78, 5) is 0. The third kappa shape index (κ3) is 2.96. The van der Waals surface area contributed by atoms with Crippen molar-refractivity contribution in [1.82, 2.24) is 0 Å². The average Bonchev–Trinajstić information content (AvgIpc) is 2.52. The van der Waals surface area contributed by atoms with Crippen molar-refractivity contribution in [3.8, 4) is 5.75 Å². The van der Waals surface area contributed by atoms with Crippen molar-refractivity contribution in [3.05, 3.63) is 51.3 Å². The second-order valence-electron chi connectivity index (χ2n) is 7.23. The molecule has 0 fully saturated rings. The Morgan fingerprint density at radius 1 is 1.08 bits per heavy atom. The molecule has 2 rings (SSSR count). The van der Waals surface area contributed by atoms with E-state index in [0.717, 1.165) is 22.3 Å². The van der Waals surface area contributed by atoms with Gasteiger partial charge in [-0.1, -0.05) is 26.0 Å². The molecule has 0 spiro atoms. The number of aryl methyl sites for hydroxylation is 1. The molecule has 4 nitrogen and oxygen atoms in total. The molecule has 0 radical (unpaired) electrons. The lowest BCUT2D eigenvalue weighted by Crippen LogP contribution is -2.33. The van der Waals surface area contributed by atoms with Crippen molar-refractivity contribution < 1.29 is 20.4 Å². The van der Waals surface area contributed by atoms with Crippen LogP contribution in [0.2, 0.25) is 0 Å². The highest BCUT2D eigenvalue weighted by atomic mass is 16.3. The zero-order valence-corrected chi connectivity index (χ0v) is 15.1. The van der Waals surface area contributed by atoms with E-state index < -0.39 is 0 Å². The molecular formula is C20H28O4. The van der Waals surface area contributed by atoms with E-state index in [2.05, 4.69) is 13.0 Å². The second kappa shape index (κ2) is 6.61. The summed E-state index contributed by atoms with van der Waals surface area (Å²) in [6.45, 7) is 9.36. The Morgan fingerprint density at radius 2 is 1.71 bits per heavy atom.